The topological polar surface area (TPSA) is 46.4 Å². The molecule has 0 aromatic heterocycles. The molecule has 1 saturated heterocycles. The quantitative estimate of drug-likeness (QED) is 0.632. The second kappa shape index (κ2) is 6.11. The molecule has 0 spiro atoms. The van der Waals surface area contributed by atoms with Crippen molar-refractivity contribution in [1.82, 2.24) is 4.90 Å². The Morgan fingerprint density at radius 2 is 2.05 bits per heavy atom. The summed E-state index contributed by atoms with van der Waals surface area (Å²) in [4.78, 5) is 12.7. The summed E-state index contributed by atoms with van der Waals surface area (Å²) in [6.45, 7) is 7.09. The molecule has 0 bridgehead atoms. The van der Waals surface area contributed by atoms with Crippen LogP contribution >= 0.6 is 23.4 Å². The molecular formula is C13H17ClN2O2S. The number of nitrogens with zero attached hydrogens (tertiary/aromatic N) is 2. The molecule has 1 heterocycles. The lowest BCUT2D eigenvalue weighted by molar-refractivity contribution is -0.384. The van der Waals surface area contributed by atoms with Crippen LogP contribution in [0.3, 0.4) is 0 Å². The molecular weight excluding hydrogens is 284 g/mol. The van der Waals surface area contributed by atoms with Crippen LogP contribution in [0, 0.1) is 10.1 Å². The van der Waals surface area contributed by atoms with Gasteiger partial charge in [-0.2, -0.15) is 11.8 Å². The van der Waals surface area contributed by atoms with Crippen LogP contribution in [0.5, 0.6) is 0 Å². The molecule has 2 rings (SSSR count). The highest BCUT2D eigenvalue weighted by Crippen LogP contribution is 2.28. The van der Waals surface area contributed by atoms with Crippen molar-refractivity contribution in [2.75, 3.05) is 13.1 Å². The summed E-state index contributed by atoms with van der Waals surface area (Å²) in [5, 5.41) is 12.6. The number of hydrogen-bond acceptors (Lipinski definition) is 4. The second-order valence-electron chi connectivity index (χ2n) is 4.98. The maximum atomic E-state index is 10.8. The zero-order valence-electron chi connectivity index (χ0n) is 11.0. The molecule has 0 amide bonds. The summed E-state index contributed by atoms with van der Waals surface area (Å²) in [6.07, 6.45) is 0. The average Bonchev–Trinajstić information content (AvgIpc) is 2.30. The lowest BCUT2D eigenvalue weighted by Gasteiger charge is -2.34. The first-order chi connectivity index (χ1) is 8.95. The van der Waals surface area contributed by atoms with Gasteiger partial charge in [0.1, 0.15) is 0 Å². The number of thioether (sulfide) groups is 1. The standard InChI is InChI=1S/C13H17ClN2O2S/c1-9-6-15(7-10(2)19-9)8-11-5-12(16(17)18)3-4-13(11)14/h3-5,9-10H,6-8H2,1-2H3. The Kier molecular flexibility index (Phi) is 4.71. The monoisotopic (exact) mass is 300 g/mol. The van der Waals surface area contributed by atoms with Crippen LogP contribution < -0.4 is 0 Å². The molecule has 0 aliphatic carbocycles. The minimum Gasteiger partial charge on any atom is -0.297 e. The van der Waals surface area contributed by atoms with Gasteiger partial charge in [0.2, 0.25) is 0 Å². The van der Waals surface area contributed by atoms with Gasteiger partial charge in [-0.25, -0.2) is 0 Å². The molecule has 0 radical (unpaired) electrons. The third-order valence-electron chi connectivity index (χ3n) is 3.13. The van der Waals surface area contributed by atoms with Crippen LogP contribution in [0.1, 0.15) is 19.4 Å². The maximum Gasteiger partial charge on any atom is 0.269 e. The Labute approximate surface area is 122 Å². The third-order valence-corrected chi connectivity index (χ3v) is 4.73. The SMILES string of the molecule is CC1CN(Cc2cc([N+](=O)[O-])ccc2Cl)CC(C)S1. The lowest BCUT2D eigenvalue weighted by Crippen LogP contribution is -2.39. The van der Waals surface area contributed by atoms with Crippen molar-refractivity contribution in [2.24, 2.45) is 0 Å². The summed E-state index contributed by atoms with van der Waals surface area (Å²) in [7, 11) is 0. The Morgan fingerprint density at radius 3 is 2.63 bits per heavy atom. The number of non-ortho nitro benzene ring substituents is 1. The number of nitro groups is 1. The van der Waals surface area contributed by atoms with E-state index in [4.69, 9.17) is 11.6 Å². The molecule has 19 heavy (non-hydrogen) atoms. The molecule has 104 valence electrons. The van der Waals surface area contributed by atoms with Crippen molar-refractivity contribution < 1.29 is 4.92 Å². The van der Waals surface area contributed by atoms with Gasteiger partial charge in [-0.05, 0) is 11.6 Å². The molecule has 4 nitrogen and oxygen atoms in total. The van der Waals surface area contributed by atoms with Crippen LogP contribution in [0.2, 0.25) is 5.02 Å². The Hall–Kier alpha value is -0.780. The van der Waals surface area contributed by atoms with Crippen molar-refractivity contribution in [3.63, 3.8) is 0 Å². The average molecular weight is 301 g/mol. The smallest absolute Gasteiger partial charge is 0.269 e. The van der Waals surface area contributed by atoms with Gasteiger partial charge in [0.25, 0.3) is 5.69 Å². The minimum absolute atomic E-state index is 0.104. The summed E-state index contributed by atoms with van der Waals surface area (Å²) >= 11 is 8.12. The summed E-state index contributed by atoms with van der Waals surface area (Å²) < 4.78 is 0. The number of halogens is 1. The second-order valence-corrected chi connectivity index (χ2v) is 7.27. The predicted molar refractivity (Wildman–Crippen MR) is 79.9 cm³/mol. The van der Waals surface area contributed by atoms with E-state index in [9.17, 15) is 10.1 Å². The first-order valence-corrected chi connectivity index (χ1v) is 7.58. The van der Waals surface area contributed by atoms with Crippen LogP contribution in [-0.4, -0.2) is 33.4 Å². The fourth-order valence-corrected chi connectivity index (χ4v) is 4.01. The molecule has 2 unspecified atom stereocenters. The van der Waals surface area contributed by atoms with Gasteiger partial charge in [0, 0.05) is 47.3 Å². The van der Waals surface area contributed by atoms with Crippen molar-refractivity contribution >= 4 is 29.1 Å². The molecule has 0 N–H and O–H groups in total. The van der Waals surface area contributed by atoms with Gasteiger partial charge in [-0.1, -0.05) is 25.4 Å². The molecule has 1 fully saturated rings. The zero-order valence-corrected chi connectivity index (χ0v) is 12.6. The zero-order chi connectivity index (χ0) is 14.0. The largest absolute Gasteiger partial charge is 0.297 e. The van der Waals surface area contributed by atoms with E-state index in [0.717, 1.165) is 18.7 Å². The maximum absolute atomic E-state index is 10.8. The van der Waals surface area contributed by atoms with Gasteiger partial charge in [-0.3, -0.25) is 15.0 Å². The van der Waals surface area contributed by atoms with E-state index in [1.165, 1.54) is 6.07 Å². The fourth-order valence-electron chi connectivity index (χ4n) is 2.45. The van der Waals surface area contributed by atoms with Gasteiger partial charge >= 0.3 is 0 Å². The van der Waals surface area contributed by atoms with E-state index >= 15 is 0 Å². The first-order valence-electron chi connectivity index (χ1n) is 6.26. The summed E-state index contributed by atoms with van der Waals surface area (Å²) in [5.74, 6) is 0. The number of nitro benzene ring substituents is 1. The van der Waals surface area contributed by atoms with E-state index in [0.29, 0.717) is 22.1 Å². The molecule has 1 aliphatic rings. The van der Waals surface area contributed by atoms with Crippen molar-refractivity contribution in [1.29, 1.82) is 0 Å². The van der Waals surface area contributed by atoms with Gasteiger partial charge in [-0.15, -0.1) is 0 Å². The predicted octanol–water partition coefficient (Wildman–Crippen LogP) is 3.57. The van der Waals surface area contributed by atoms with E-state index in [-0.39, 0.29) is 10.6 Å². The van der Waals surface area contributed by atoms with E-state index < -0.39 is 0 Å². The molecule has 1 aromatic rings. The van der Waals surface area contributed by atoms with E-state index in [1.54, 1.807) is 12.1 Å². The fraction of sp³-hybridized carbons (Fsp3) is 0.538. The third kappa shape index (κ3) is 3.84. The van der Waals surface area contributed by atoms with Crippen LogP contribution in [0.25, 0.3) is 0 Å². The highest BCUT2D eigenvalue weighted by Gasteiger charge is 2.23. The molecule has 0 saturated carbocycles. The number of benzene rings is 1. The number of hydrogen-bond donors (Lipinski definition) is 0. The lowest BCUT2D eigenvalue weighted by atomic mass is 10.1. The Bertz CT molecular complexity index is 474. The summed E-state index contributed by atoms with van der Waals surface area (Å²) in [6, 6.07) is 4.64. The van der Waals surface area contributed by atoms with Crippen LogP contribution in [-0.2, 0) is 6.54 Å². The number of rotatable bonds is 3. The molecule has 1 aromatic carbocycles. The highest BCUT2D eigenvalue weighted by atomic mass is 35.5. The van der Waals surface area contributed by atoms with Gasteiger partial charge in [0.15, 0.2) is 0 Å². The van der Waals surface area contributed by atoms with Crippen molar-refractivity contribution in [3.05, 3.63) is 38.9 Å². The van der Waals surface area contributed by atoms with Gasteiger partial charge in [0.05, 0.1) is 4.92 Å². The summed E-state index contributed by atoms with van der Waals surface area (Å²) in [5.41, 5.74) is 0.939. The van der Waals surface area contributed by atoms with E-state index in [2.05, 4.69) is 18.7 Å². The van der Waals surface area contributed by atoms with Crippen molar-refractivity contribution in [2.45, 2.75) is 30.9 Å². The van der Waals surface area contributed by atoms with Crippen LogP contribution in [0.4, 0.5) is 5.69 Å². The Morgan fingerprint density at radius 1 is 1.42 bits per heavy atom. The van der Waals surface area contributed by atoms with E-state index in [1.807, 2.05) is 11.8 Å². The highest BCUT2D eigenvalue weighted by molar-refractivity contribution is 8.00. The van der Waals surface area contributed by atoms with Crippen molar-refractivity contribution in [3.8, 4) is 0 Å². The normalized spacial score (nSPS) is 24.4. The molecule has 2 atom stereocenters. The molecule has 6 heteroatoms. The van der Waals surface area contributed by atoms with Gasteiger partial charge < -0.3 is 0 Å². The first kappa shape index (κ1) is 14.6. The Balaban J connectivity index is 2.13. The minimum atomic E-state index is -0.378. The van der Waals surface area contributed by atoms with Crippen LogP contribution in [0.15, 0.2) is 18.2 Å². The molecule has 1 aliphatic heterocycles.